The van der Waals surface area contributed by atoms with Gasteiger partial charge in [-0.25, -0.2) is 0 Å². The van der Waals surface area contributed by atoms with E-state index in [9.17, 15) is 15.0 Å². The monoisotopic (exact) mass is 310 g/mol. The van der Waals surface area contributed by atoms with Gasteiger partial charge in [0.1, 0.15) is 5.78 Å². The molecular formula is C19H34O3. The normalized spacial score (nSPS) is 31.9. The number of unbranched alkanes of at least 4 members (excludes halogenated alkanes) is 6. The first-order chi connectivity index (χ1) is 10.6. The highest BCUT2D eigenvalue weighted by molar-refractivity contribution is 5.88. The molecule has 2 saturated carbocycles. The third kappa shape index (κ3) is 4.79. The van der Waals surface area contributed by atoms with Gasteiger partial charge in [0.25, 0.3) is 0 Å². The van der Waals surface area contributed by atoms with Crippen molar-refractivity contribution in [2.24, 2.45) is 17.8 Å². The number of hydrogen-bond acceptors (Lipinski definition) is 3. The van der Waals surface area contributed by atoms with E-state index in [0.717, 1.165) is 32.1 Å². The van der Waals surface area contributed by atoms with E-state index in [1.165, 1.54) is 38.5 Å². The van der Waals surface area contributed by atoms with Crippen LogP contribution in [-0.2, 0) is 4.79 Å². The lowest BCUT2D eigenvalue weighted by molar-refractivity contribution is -0.135. The maximum atomic E-state index is 11.4. The Morgan fingerprint density at radius 3 is 2.41 bits per heavy atom. The van der Waals surface area contributed by atoms with E-state index in [0.29, 0.717) is 12.2 Å². The fraction of sp³-hybridized carbons (Fsp3) is 0.947. The number of carbonyl (C=O) groups is 1. The van der Waals surface area contributed by atoms with Crippen molar-refractivity contribution in [2.45, 2.75) is 96.2 Å². The van der Waals surface area contributed by atoms with Crippen molar-refractivity contribution in [3.8, 4) is 0 Å². The molecule has 22 heavy (non-hydrogen) atoms. The molecule has 2 fully saturated rings. The molecule has 3 heteroatoms. The van der Waals surface area contributed by atoms with E-state index in [1.807, 2.05) is 0 Å². The smallest absolute Gasteiger partial charge is 0.136 e. The number of fused-ring (bicyclic) bond motifs is 1. The molecule has 0 spiro atoms. The first-order valence-electron chi connectivity index (χ1n) is 9.52. The standard InChI is InChI=1S/C19H34O3/c1-2-3-4-5-6-7-8-9-15(20)11-10-14-12-16-17(19(14)22)13-18(16)21/h14-17,19-20,22H,2-13H2,1H3. The van der Waals surface area contributed by atoms with Crippen LogP contribution >= 0.6 is 0 Å². The van der Waals surface area contributed by atoms with Gasteiger partial charge < -0.3 is 10.2 Å². The molecule has 5 atom stereocenters. The summed E-state index contributed by atoms with van der Waals surface area (Å²) in [5.74, 6) is 0.957. The summed E-state index contributed by atoms with van der Waals surface area (Å²) in [5.41, 5.74) is 0. The molecule has 0 heterocycles. The second-order valence-corrected chi connectivity index (χ2v) is 7.57. The number of aliphatic hydroxyl groups is 2. The van der Waals surface area contributed by atoms with Crippen molar-refractivity contribution in [1.82, 2.24) is 0 Å². The van der Waals surface area contributed by atoms with Crippen molar-refractivity contribution in [3.05, 3.63) is 0 Å². The lowest BCUT2D eigenvalue weighted by Crippen LogP contribution is -2.38. The quantitative estimate of drug-likeness (QED) is 0.570. The van der Waals surface area contributed by atoms with E-state index in [-0.39, 0.29) is 30.0 Å². The largest absolute Gasteiger partial charge is 0.393 e. The van der Waals surface area contributed by atoms with E-state index < -0.39 is 0 Å². The Morgan fingerprint density at radius 2 is 1.77 bits per heavy atom. The summed E-state index contributed by atoms with van der Waals surface area (Å²) in [7, 11) is 0. The van der Waals surface area contributed by atoms with Crippen LogP contribution in [0.25, 0.3) is 0 Å². The molecule has 3 nitrogen and oxygen atoms in total. The van der Waals surface area contributed by atoms with Crippen LogP contribution in [-0.4, -0.2) is 28.2 Å². The third-order valence-corrected chi connectivity index (χ3v) is 5.86. The van der Waals surface area contributed by atoms with Crippen molar-refractivity contribution in [3.63, 3.8) is 0 Å². The molecule has 2 aliphatic rings. The molecule has 5 unspecified atom stereocenters. The molecule has 0 radical (unpaired) electrons. The Labute approximate surface area is 135 Å². The van der Waals surface area contributed by atoms with E-state index in [4.69, 9.17) is 0 Å². The van der Waals surface area contributed by atoms with E-state index in [2.05, 4.69) is 6.92 Å². The molecule has 128 valence electrons. The van der Waals surface area contributed by atoms with E-state index >= 15 is 0 Å². The minimum Gasteiger partial charge on any atom is -0.393 e. The van der Waals surface area contributed by atoms with Gasteiger partial charge in [0, 0.05) is 18.3 Å². The van der Waals surface area contributed by atoms with Gasteiger partial charge in [0.15, 0.2) is 0 Å². The maximum Gasteiger partial charge on any atom is 0.136 e. The highest BCUT2D eigenvalue weighted by atomic mass is 16.3. The van der Waals surface area contributed by atoms with Crippen molar-refractivity contribution < 1.29 is 15.0 Å². The maximum absolute atomic E-state index is 11.4. The van der Waals surface area contributed by atoms with Crippen LogP contribution in [0.5, 0.6) is 0 Å². The topological polar surface area (TPSA) is 57.5 Å². The molecular weight excluding hydrogens is 276 g/mol. The summed E-state index contributed by atoms with van der Waals surface area (Å²) in [5, 5.41) is 20.3. The lowest BCUT2D eigenvalue weighted by Gasteiger charge is -2.30. The van der Waals surface area contributed by atoms with Crippen LogP contribution in [0.1, 0.15) is 84.0 Å². The van der Waals surface area contributed by atoms with Gasteiger partial charge >= 0.3 is 0 Å². The summed E-state index contributed by atoms with van der Waals surface area (Å²) in [4.78, 5) is 11.4. The van der Waals surface area contributed by atoms with Crippen molar-refractivity contribution >= 4 is 5.78 Å². The Hall–Kier alpha value is -0.410. The Balaban J connectivity index is 1.49. The molecule has 0 amide bonds. The number of Topliss-reactive ketones (excluding diaryl/α,β-unsaturated/α-hetero) is 1. The summed E-state index contributed by atoms with van der Waals surface area (Å²) in [6.07, 6.45) is 12.4. The van der Waals surface area contributed by atoms with Gasteiger partial charge in [-0.2, -0.15) is 0 Å². The molecule has 0 aromatic rings. The van der Waals surface area contributed by atoms with Crippen LogP contribution in [0.4, 0.5) is 0 Å². The fourth-order valence-electron chi connectivity index (χ4n) is 4.26. The van der Waals surface area contributed by atoms with E-state index in [1.54, 1.807) is 0 Å². The van der Waals surface area contributed by atoms with Crippen molar-refractivity contribution in [1.29, 1.82) is 0 Å². The molecule has 2 aliphatic carbocycles. The van der Waals surface area contributed by atoms with Gasteiger partial charge in [-0.1, -0.05) is 51.9 Å². The Morgan fingerprint density at radius 1 is 1.09 bits per heavy atom. The first kappa shape index (κ1) is 17.9. The first-order valence-corrected chi connectivity index (χ1v) is 9.52. The Kier molecular flexibility index (Phi) is 7.36. The molecule has 0 aromatic heterocycles. The lowest BCUT2D eigenvalue weighted by atomic mass is 9.74. The highest BCUT2D eigenvalue weighted by Gasteiger charge is 2.52. The van der Waals surface area contributed by atoms with Crippen LogP contribution in [0.3, 0.4) is 0 Å². The average molecular weight is 310 g/mol. The predicted octanol–water partition coefficient (Wildman–Crippen LogP) is 3.85. The zero-order chi connectivity index (χ0) is 15.9. The number of ketones is 1. The number of hydrogen-bond donors (Lipinski definition) is 2. The fourth-order valence-corrected chi connectivity index (χ4v) is 4.26. The highest BCUT2D eigenvalue weighted by Crippen LogP contribution is 2.48. The molecule has 0 aliphatic heterocycles. The molecule has 0 saturated heterocycles. The van der Waals surface area contributed by atoms with Crippen LogP contribution in [0.2, 0.25) is 0 Å². The van der Waals surface area contributed by atoms with Gasteiger partial charge in [0.05, 0.1) is 12.2 Å². The van der Waals surface area contributed by atoms with Crippen LogP contribution in [0.15, 0.2) is 0 Å². The van der Waals surface area contributed by atoms with Gasteiger partial charge in [-0.3, -0.25) is 4.79 Å². The van der Waals surface area contributed by atoms with Crippen LogP contribution in [0, 0.1) is 17.8 Å². The van der Waals surface area contributed by atoms with Crippen molar-refractivity contribution in [2.75, 3.05) is 0 Å². The zero-order valence-corrected chi connectivity index (χ0v) is 14.2. The SMILES string of the molecule is CCCCCCCCCC(O)CCC1CC2C(=O)CC2C1O. The summed E-state index contributed by atoms with van der Waals surface area (Å²) < 4.78 is 0. The zero-order valence-electron chi connectivity index (χ0n) is 14.2. The molecule has 0 aromatic carbocycles. The number of aliphatic hydroxyl groups excluding tert-OH is 2. The third-order valence-electron chi connectivity index (χ3n) is 5.86. The summed E-state index contributed by atoms with van der Waals surface area (Å²) in [6, 6.07) is 0. The summed E-state index contributed by atoms with van der Waals surface area (Å²) >= 11 is 0. The van der Waals surface area contributed by atoms with Crippen LogP contribution < -0.4 is 0 Å². The number of carbonyl (C=O) groups excluding carboxylic acids is 1. The molecule has 2 N–H and O–H groups in total. The minimum atomic E-state index is -0.298. The number of rotatable bonds is 11. The summed E-state index contributed by atoms with van der Waals surface area (Å²) in [6.45, 7) is 2.24. The minimum absolute atomic E-state index is 0.139. The second-order valence-electron chi connectivity index (χ2n) is 7.57. The Bertz CT molecular complexity index is 342. The predicted molar refractivity (Wildman–Crippen MR) is 88.6 cm³/mol. The molecule has 0 bridgehead atoms. The average Bonchev–Trinajstić information content (AvgIpc) is 2.75. The van der Waals surface area contributed by atoms with Gasteiger partial charge in [0.2, 0.25) is 0 Å². The molecule has 2 rings (SSSR count). The van der Waals surface area contributed by atoms with Gasteiger partial charge in [-0.05, 0) is 31.6 Å². The second kappa shape index (κ2) is 9.02. The van der Waals surface area contributed by atoms with Gasteiger partial charge in [-0.15, -0.1) is 0 Å².